The Balaban J connectivity index is 3.87. The van der Waals surface area contributed by atoms with E-state index in [0.717, 1.165) is 0 Å². The van der Waals surface area contributed by atoms with Gasteiger partial charge in [0.2, 0.25) is 11.8 Å². The first-order valence-electron chi connectivity index (χ1n) is 3.99. The summed E-state index contributed by atoms with van der Waals surface area (Å²) in [5, 5.41) is 2.90. The molecule has 5 N–H and O–H groups in total. The minimum atomic E-state index is -0.461. The molecule has 6 heteroatoms. The number of amides is 2. The van der Waals surface area contributed by atoms with Crippen LogP contribution in [-0.4, -0.2) is 49.9 Å². The van der Waals surface area contributed by atoms with Crippen molar-refractivity contribution in [2.45, 2.75) is 0 Å². The van der Waals surface area contributed by atoms with E-state index in [2.05, 4.69) is 5.32 Å². The fourth-order valence-corrected chi connectivity index (χ4v) is 0.925. The quantitative estimate of drug-likeness (QED) is 0.410. The molecule has 13 heavy (non-hydrogen) atoms. The summed E-state index contributed by atoms with van der Waals surface area (Å²) < 4.78 is 0. The van der Waals surface area contributed by atoms with Gasteiger partial charge in [0, 0.05) is 13.1 Å². The Morgan fingerprint density at radius 3 is 2.00 bits per heavy atom. The highest BCUT2D eigenvalue weighted by Gasteiger charge is 2.09. The molecule has 6 nitrogen and oxygen atoms in total. The number of nitrogens with two attached hydrogens (primary N) is 2. The van der Waals surface area contributed by atoms with Crippen molar-refractivity contribution in [2.24, 2.45) is 11.5 Å². The molecule has 0 aromatic carbocycles. The molecule has 0 aromatic heterocycles. The second kappa shape index (κ2) is 6.38. The molecule has 0 bridgehead atoms. The Kier molecular flexibility index (Phi) is 5.82. The molecule has 0 aliphatic rings. The number of primary amides is 2. The third-order valence-corrected chi connectivity index (χ3v) is 1.44. The smallest absolute Gasteiger partial charge is 0.231 e. The zero-order valence-electron chi connectivity index (χ0n) is 7.75. The Hall–Kier alpha value is -1.14. The predicted molar refractivity (Wildman–Crippen MR) is 48.8 cm³/mol. The maximum atomic E-state index is 10.6. The number of carbonyl (C=O) groups is 2. The van der Waals surface area contributed by atoms with Gasteiger partial charge in [0.15, 0.2) is 0 Å². The first-order chi connectivity index (χ1) is 6.06. The van der Waals surface area contributed by atoms with E-state index in [4.69, 9.17) is 11.5 Å². The first-order valence-corrected chi connectivity index (χ1v) is 3.99. The molecule has 0 fully saturated rings. The Morgan fingerprint density at radius 1 is 1.23 bits per heavy atom. The molecule has 0 spiro atoms. The van der Waals surface area contributed by atoms with Gasteiger partial charge in [0.05, 0.1) is 13.1 Å². The van der Waals surface area contributed by atoms with E-state index < -0.39 is 11.8 Å². The van der Waals surface area contributed by atoms with Crippen LogP contribution in [0.4, 0.5) is 0 Å². The molecule has 2 amide bonds. The second-order valence-corrected chi connectivity index (χ2v) is 2.75. The van der Waals surface area contributed by atoms with Crippen molar-refractivity contribution in [3.63, 3.8) is 0 Å². The predicted octanol–water partition coefficient (Wildman–Crippen LogP) is -2.52. The summed E-state index contributed by atoms with van der Waals surface area (Å²) >= 11 is 0. The first kappa shape index (κ1) is 11.9. The molecule has 0 saturated heterocycles. The maximum absolute atomic E-state index is 10.6. The minimum Gasteiger partial charge on any atom is -0.369 e. The number of hydrogen-bond acceptors (Lipinski definition) is 4. The summed E-state index contributed by atoms with van der Waals surface area (Å²) in [5.74, 6) is -0.922. The van der Waals surface area contributed by atoms with E-state index in [0.29, 0.717) is 13.1 Å². The van der Waals surface area contributed by atoms with E-state index in [1.807, 2.05) is 0 Å². The van der Waals surface area contributed by atoms with Crippen molar-refractivity contribution in [1.82, 2.24) is 10.2 Å². The second-order valence-electron chi connectivity index (χ2n) is 2.75. The lowest BCUT2D eigenvalue weighted by atomic mass is 10.4. The van der Waals surface area contributed by atoms with Crippen LogP contribution in [0.3, 0.4) is 0 Å². The third-order valence-electron chi connectivity index (χ3n) is 1.44. The van der Waals surface area contributed by atoms with Gasteiger partial charge in [-0.2, -0.15) is 0 Å². The highest BCUT2D eigenvalue weighted by molar-refractivity contribution is 5.79. The summed E-state index contributed by atoms with van der Waals surface area (Å²) in [6.45, 7) is 1.37. The van der Waals surface area contributed by atoms with Gasteiger partial charge >= 0.3 is 0 Å². The lowest BCUT2D eigenvalue weighted by Gasteiger charge is -2.18. The van der Waals surface area contributed by atoms with Crippen molar-refractivity contribution in [2.75, 3.05) is 33.2 Å². The molecule has 0 rings (SSSR count). The van der Waals surface area contributed by atoms with Crippen LogP contribution >= 0.6 is 0 Å². The minimum absolute atomic E-state index is 0.0601. The lowest BCUT2D eigenvalue weighted by molar-refractivity contribution is -0.121. The van der Waals surface area contributed by atoms with E-state index in [1.165, 1.54) is 0 Å². The fraction of sp³-hybridized carbons (Fsp3) is 0.714. The van der Waals surface area contributed by atoms with Gasteiger partial charge < -0.3 is 16.8 Å². The maximum Gasteiger partial charge on any atom is 0.231 e. The van der Waals surface area contributed by atoms with Crippen LogP contribution in [0, 0.1) is 0 Å². The largest absolute Gasteiger partial charge is 0.369 e. The molecule has 0 aliphatic carbocycles. The van der Waals surface area contributed by atoms with Crippen LogP contribution in [0.5, 0.6) is 0 Å². The average Bonchev–Trinajstić information content (AvgIpc) is 1.98. The molecule has 76 valence electrons. The molecule has 0 radical (unpaired) electrons. The monoisotopic (exact) mass is 188 g/mol. The molecule has 0 saturated carbocycles. The number of likely N-dealkylation sites (N-methyl/N-ethyl adjacent to an activating group) is 1. The van der Waals surface area contributed by atoms with Crippen LogP contribution in [0.1, 0.15) is 0 Å². The molecule has 0 aliphatic heterocycles. The average molecular weight is 188 g/mol. The Bertz CT molecular complexity index is 167. The van der Waals surface area contributed by atoms with Crippen molar-refractivity contribution in [3.8, 4) is 0 Å². The highest BCUT2D eigenvalue weighted by atomic mass is 16.2. The molecular weight excluding hydrogens is 172 g/mol. The van der Waals surface area contributed by atoms with E-state index in [1.54, 1.807) is 11.9 Å². The summed E-state index contributed by atoms with van der Waals surface area (Å²) in [5.41, 5.74) is 9.98. The van der Waals surface area contributed by atoms with E-state index in [-0.39, 0.29) is 13.1 Å². The Morgan fingerprint density at radius 2 is 1.69 bits per heavy atom. The number of nitrogens with zero attached hydrogens (tertiary/aromatic N) is 1. The Labute approximate surface area is 77.2 Å². The van der Waals surface area contributed by atoms with Gasteiger partial charge in [-0.25, -0.2) is 0 Å². The molecule has 0 unspecified atom stereocenters. The van der Waals surface area contributed by atoms with Crippen LogP contribution in [-0.2, 0) is 9.59 Å². The van der Waals surface area contributed by atoms with E-state index in [9.17, 15) is 9.59 Å². The number of nitrogens with one attached hydrogen (secondary N) is 1. The number of carbonyl (C=O) groups excluding carboxylic acids is 2. The van der Waals surface area contributed by atoms with Gasteiger partial charge in [-0.1, -0.05) is 0 Å². The van der Waals surface area contributed by atoms with Crippen molar-refractivity contribution in [3.05, 3.63) is 0 Å². The third kappa shape index (κ3) is 7.23. The van der Waals surface area contributed by atoms with Gasteiger partial charge in [0.1, 0.15) is 0 Å². The molecular formula is C7H16N4O2. The molecule has 0 atom stereocenters. The number of rotatable bonds is 7. The summed E-state index contributed by atoms with van der Waals surface area (Å²) in [7, 11) is 1.78. The van der Waals surface area contributed by atoms with Crippen LogP contribution in [0.15, 0.2) is 0 Å². The van der Waals surface area contributed by atoms with Gasteiger partial charge in [0.25, 0.3) is 0 Å². The van der Waals surface area contributed by atoms with Crippen LogP contribution < -0.4 is 16.8 Å². The zero-order chi connectivity index (χ0) is 10.3. The highest BCUT2D eigenvalue weighted by Crippen LogP contribution is 1.85. The topological polar surface area (TPSA) is 101 Å². The standard InChI is InChI=1S/C7H16N4O2/c1-10-2-3-11(4-6(8)12)5-7(9)13/h10H,2-5H2,1H3,(H2,8,12)(H2,9,13). The van der Waals surface area contributed by atoms with Gasteiger partial charge in [-0.3, -0.25) is 14.5 Å². The SMILES string of the molecule is CNCCN(CC(N)=O)CC(N)=O. The molecule has 0 aromatic rings. The normalized spacial score (nSPS) is 10.3. The summed E-state index contributed by atoms with van der Waals surface area (Å²) in [4.78, 5) is 22.7. The van der Waals surface area contributed by atoms with Gasteiger partial charge in [-0.05, 0) is 7.05 Å². The van der Waals surface area contributed by atoms with Crippen molar-refractivity contribution < 1.29 is 9.59 Å². The van der Waals surface area contributed by atoms with E-state index >= 15 is 0 Å². The molecule has 0 heterocycles. The van der Waals surface area contributed by atoms with Crippen molar-refractivity contribution >= 4 is 11.8 Å². The zero-order valence-corrected chi connectivity index (χ0v) is 7.75. The summed E-state index contributed by atoms with van der Waals surface area (Å²) in [6.07, 6.45) is 0. The number of hydrogen-bond donors (Lipinski definition) is 3. The fourth-order valence-electron chi connectivity index (χ4n) is 0.925. The summed E-state index contributed by atoms with van der Waals surface area (Å²) in [6, 6.07) is 0. The lowest BCUT2D eigenvalue weighted by Crippen LogP contribution is -2.42. The van der Waals surface area contributed by atoms with Crippen LogP contribution in [0.25, 0.3) is 0 Å². The van der Waals surface area contributed by atoms with Gasteiger partial charge in [-0.15, -0.1) is 0 Å². The van der Waals surface area contributed by atoms with Crippen LogP contribution in [0.2, 0.25) is 0 Å². The van der Waals surface area contributed by atoms with Crippen molar-refractivity contribution in [1.29, 1.82) is 0 Å².